The Morgan fingerprint density at radius 2 is 2.18 bits per heavy atom. The molecule has 0 bridgehead atoms. The third-order valence-electron chi connectivity index (χ3n) is 2.83. The predicted octanol–water partition coefficient (Wildman–Crippen LogP) is 2.12. The summed E-state index contributed by atoms with van der Waals surface area (Å²) in [6.45, 7) is 0.466. The van der Waals surface area contributed by atoms with Gasteiger partial charge in [-0.15, -0.1) is 0 Å². The van der Waals surface area contributed by atoms with Gasteiger partial charge in [0.25, 0.3) is 5.91 Å². The Morgan fingerprint density at radius 3 is 2.76 bits per heavy atom. The Morgan fingerprint density at radius 1 is 1.41 bits per heavy atom. The van der Waals surface area contributed by atoms with Gasteiger partial charge in [-0.1, -0.05) is 0 Å². The number of rotatable bonds is 2. The number of amides is 1. The lowest BCUT2D eigenvalue weighted by Gasteiger charge is -2.32. The average molecular weight is 302 g/mol. The number of likely N-dealkylation sites (tertiary alicyclic amines) is 1. The molecule has 6 heteroatoms. The van der Waals surface area contributed by atoms with E-state index in [1.54, 1.807) is 12.1 Å². The molecule has 1 atom stereocenters. The van der Waals surface area contributed by atoms with Gasteiger partial charge in [0.1, 0.15) is 6.04 Å². The fraction of sp³-hybridized carbons (Fsp3) is 0.455. The largest absolute Gasteiger partial charge is 0.480 e. The van der Waals surface area contributed by atoms with Crippen molar-refractivity contribution in [1.29, 1.82) is 0 Å². The zero-order valence-electron chi connectivity index (χ0n) is 9.06. The topological polar surface area (TPSA) is 70.8 Å². The molecule has 0 saturated carbocycles. The number of hydrogen-bond acceptors (Lipinski definition) is 3. The third kappa shape index (κ3) is 2.52. The number of carboxylic acid groups (broad SMARTS) is 1. The SMILES string of the molecule is O=C(O)[C@@H]1CCCCN1C(=O)c1ccc(Br)o1. The van der Waals surface area contributed by atoms with E-state index in [0.717, 1.165) is 12.8 Å². The highest BCUT2D eigenvalue weighted by Gasteiger charge is 2.33. The van der Waals surface area contributed by atoms with Crippen molar-refractivity contribution in [3.8, 4) is 0 Å². The van der Waals surface area contributed by atoms with Crippen molar-refractivity contribution >= 4 is 27.8 Å². The Hall–Kier alpha value is -1.30. The molecule has 2 rings (SSSR count). The maximum atomic E-state index is 12.1. The van der Waals surface area contributed by atoms with Crippen molar-refractivity contribution in [2.45, 2.75) is 25.3 Å². The first kappa shape index (κ1) is 12.2. The fourth-order valence-corrected chi connectivity index (χ4v) is 2.31. The van der Waals surface area contributed by atoms with Gasteiger partial charge < -0.3 is 14.4 Å². The first-order valence-electron chi connectivity index (χ1n) is 5.38. The summed E-state index contributed by atoms with van der Waals surface area (Å²) in [6.07, 6.45) is 2.17. The molecule has 1 aliphatic rings. The number of hydrogen-bond donors (Lipinski definition) is 1. The smallest absolute Gasteiger partial charge is 0.326 e. The zero-order chi connectivity index (χ0) is 12.4. The number of aliphatic carboxylic acids is 1. The Bertz CT molecular complexity index is 442. The van der Waals surface area contributed by atoms with Crippen LogP contribution >= 0.6 is 15.9 Å². The highest BCUT2D eigenvalue weighted by molar-refractivity contribution is 9.10. The maximum Gasteiger partial charge on any atom is 0.326 e. The molecule has 1 amide bonds. The highest BCUT2D eigenvalue weighted by Crippen LogP contribution is 2.22. The lowest BCUT2D eigenvalue weighted by atomic mass is 10.0. The molecule has 0 radical (unpaired) electrons. The van der Waals surface area contributed by atoms with Crippen LogP contribution in [-0.2, 0) is 4.79 Å². The van der Waals surface area contributed by atoms with Crippen LogP contribution in [0.25, 0.3) is 0 Å². The van der Waals surface area contributed by atoms with Crippen molar-refractivity contribution in [3.05, 3.63) is 22.6 Å². The fourth-order valence-electron chi connectivity index (χ4n) is 2.00. The molecule has 17 heavy (non-hydrogen) atoms. The first-order valence-corrected chi connectivity index (χ1v) is 6.18. The van der Waals surface area contributed by atoms with Crippen molar-refractivity contribution < 1.29 is 19.1 Å². The van der Waals surface area contributed by atoms with Gasteiger partial charge in [-0.05, 0) is 47.3 Å². The van der Waals surface area contributed by atoms with Crippen LogP contribution in [-0.4, -0.2) is 34.5 Å². The Kier molecular flexibility index (Phi) is 3.51. The standard InChI is InChI=1S/C11H12BrNO4/c12-9-5-4-8(17-9)10(14)13-6-2-1-3-7(13)11(15)16/h4-5,7H,1-3,6H2,(H,15,16)/t7-/m0/s1. The predicted molar refractivity (Wildman–Crippen MR) is 62.7 cm³/mol. The lowest BCUT2D eigenvalue weighted by molar-refractivity contribution is -0.143. The lowest BCUT2D eigenvalue weighted by Crippen LogP contribution is -2.47. The molecule has 92 valence electrons. The van der Waals surface area contributed by atoms with Gasteiger partial charge in [0, 0.05) is 6.54 Å². The highest BCUT2D eigenvalue weighted by atomic mass is 79.9. The second-order valence-electron chi connectivity index (χ2n) is 3.95. The van der Waals surface area contributed by atoms with E-state index in [-0.39, 0.29) is 11.7 Å². The number of carbonyl (C=O) groups is 2. The van der Waals surface area contributed by atoms with Crippen LogP contribution in [0.4, 0.5) is 0 Å². The minimum Gasteiger partial charge on any atom is -0.480 e. The van der Waals surface area contributed by atoms with Gasteiger partial charge in [0.2, 0.25) is 0 Å². The van der Waals surface area contributed by atoms with Crippen molar-refractivity contribution in [1.82, 2.24) is 4.90 Å². The summed E-state index contributed by atoms with van der Waals surface area (Å²) in [7, 11) is 0. The van der Waals surface area contributed by atoms with E-state index in [2.05, 4.69) is 15.9 Å². The maximum absolute atomic E-state index is 12.1. The summed E-state index contributed by atoms with van der Waals surface area (Å²) < 4.78 is 5.62. The molecular formula is C11H12BrNO4. The molecule has 1 aliphatic heterocycles. The zero-order valence-corrected chi connectivity index (χ0v) is 10.6. The van der Waals surface area contributed by atoms with Gasteiger partial charge in [0.15, 0.2) is 10.4 Å². The van der Waals surface area contributed by atoms with Gasteiger partial charge >= 0.3 is 5.97 Å². The molecule has 0 aliphatic carbocycles. The van der Waals surface area contributed by atoms with E-state index in [1.807, 2.05) is 0 Å². The number of carboxylic acids is 1. The van der Waals surface area contributed by atoms with Gasteiger partial charge in [0.05, 0.1) is 0 Å². The van der Waals surface area contributed by atoms with Crippen LogP contribution < -0.4 is 0 Å². The molecule has 1 fully saturated rings. The summed E-state index contributed by atoms with van der Waals surface area (Å²) in [5, 5.41) is 9.08. The molecule has 1 aromatic heterocycles. The molecule has 0 unspecified atom stereocenters. The molecule has 0 aromatic carbocycles. The molecule has 0 spiro atoms. The molecule has 1 N–H and O–H groups in total. The quantitative estimate of drug-likeness (QED) is 0.908. The molecule has 5 nitrogen and oxygen atoms in total. The molecule has 2 heterocycles. The van der Waals surface area contributed by atoms with Crippen LogP contribution in [0.1, 0.15) is 29.8 Å². The van der Waals surface area contributed by atoms with E-state index in [0.29, 0.717) is 17.6 Å². The van der Waals surface area contributed by atoms with Crippen LogP contribution in [0.2, 0.25) is 0 Å². The Labute approximate surface area is 107 Å². The number of halogens is 1. The van der Waals surface area contributed by atoms with E-state index in [9.17, 15) is 9.59 Å². The van der Waals surface area contributed by atoms with E-state index in [1.165, 1.54) is 4.90 Å². The van der Waals surface area contributed by atoms with Gasteiger partial charge in [-0.2, -0.15) is 0 Å². The monoisotopic (exact) mass is 301 g/mol. The Balaban J connectivity index is 2.19. The minimum atomic E-state index is -0.955. The molecule has 1 aromatic rings. The van der Waals surface area contributed by atoms with Crippen LogP contribution in [0.15, 0.2) is 21.2 Å². The normalized spacial score (nSPS) is 20.3. The van der Waals surface area contributed by atoms with Crippen LogP contribution in [0, 0.1) is 0 Å². The van der Waals surface area contributed by atoms with Crippen molar-refractivity contribution in [2.24, 2.45) is 0 Å². The summed E-state index contributed by atoms with van der Waals surface area (Å²) >= 11 is 3.11. The number of nitrogens with zero attached hydrogens (tertiary/aromatic N) is 1. The summed E-state index contributed by atoms with van der Waals surface area (Å²) in [4.78, 5) is 24.5. The number of furan rings is 1. The van der Waals surface area contributed by atoms with Crippen molar-refractivity contribution in [2.75, 3.05) is 6.54 Å². The third-order valence-corrected chi connectivity index (χ3v) is 3.26. The van der Waals surface area contributed by atoms with E-state index in [4.69, 9.17) is 9.52 Å². The number of piperidine rings is 1. The van der Waals surface area contributed by atoms with Crippen molar-refractivity contribution in [3.63, 3.8) is 0 Å². The van der Waals surface area contributed by atoms with Crippen LogP contribution in [0.3, 0.4) is 0 Å². The average Bonchev–Trinajstić information content (AvgIpc) is 2.75. The van der Waals surface area contributed by atoms with Gasteiger partial charge in [-0.25, -0.2) is 4.79 Å². The van der Waals surface area contributed by atoms with Gasteiger partial charge in [-0.3, -0.25) is 4.79 Å². The van der Waals surface area contributed by atoms with E-state index < -0.39 is 12.0 Å². The summed E-state index contributed by atoms with van der Waals surface area (Å²) in [5.74, 6) is -1.14. The second-order valence-corrected chi connectivity index (χ2v) is 4.73. The summed E-state index contributed by atoms with van der Waals surface area (Å²) in [5.41, 5.74) is 0. The molecule has 1 saturated heterocycles. The molecular weight excluding hydrogens is 290 g/mol. The second kappa shape index (κ2) is 4.91. The first-order chi connectivity index (χ1) is 8.09. The minimum absolute atomic E-state index is 0.171. The summed E-state index contributed by atoms with van der Waals surface area (Å²) in [6, 6.07) is 2.42. The number of carbonyl (C=O) groups excluding carboxylic acids is 1. The van der Waals surface area contributed by atoms with E-state index >= 15 is 0 Å². The van der Waals surface area contributed by atoms with Crippen LogP contribution in [0.5, 0.6) is 0 Å².